The van der Waals surface area contributed by atoms with E-state index < -0.39 is 5.91 Å². The minimum atomic E-state index is -0.570. The van der Waals surface area contributed by atoms with Crippen molar-refractivity contribution >= 4 is 23.2 Å². The highest BCUT2D eigenvalue weighted by Gasteiger charge is 2.16. The van der Waals surface area contributed by atoms with Gasteiger partial charge in [0.1, 0.15) is 5.82 Å². The standard InChI is InChI=1S/C15H9ClFN3O2/c16-10-3-1-9(2-4-10)14-19-20-15(22-14)13(21)18-12-7-5-11(17)6-8-12/h1-8H,(H,18,21). The minimum Gasteiger partial charge on any atom is -0.412 e. The molecule has 2 aromatic carbocycles. The maximum absolute atomic E-state index is 12.8. The summed E-state index contributed by atoms with van der Waals surface area (Å²) in [6, 6.07) is 12.1. The molecule has 3 rings (SSSR count). The molecule has 22 heavy (non-hydrogen) atoms. The van der Waals surface area contributed by atoms with E-state index in [1.54, 1.807) is 24.3 Å². The van der Waals surface area contributed by atoms with Gasteiger partial charge in [0, 0.05) is 16.3 Å². The molecule has 1 amide bonds. The summed E-state index contributed by atoms with van der Waals surface area (Å²) in [6.07, 6.45) is 0. The van der Waals surface area contributed by atoms with Crippen LogP contribution >= 0.6 is 11.6 Å². The van der Waals surface area contributed by atoms with Crippen LogP contribution in [0.15, 0.2) is 52.9 Å². The number of halogens is 2. The van der Waals surface area contributed by atoms with E-state index in [0.29, 0.717) is 16.3 Å². The van der Waals surface area contributed by atoms with E-state index >= 15 is 0 Å². The maximum Gasteiger partial charge on any atom is 0.313 e. The number of aromatic nitrogens is 2. The number of nitrogens with zero attached hydrogens (tertiary/aromatic N) is 2. The fourth-order valence-corrected chi connectivity index (χ4v) is 1.87. The second-order valence-corrected chi connectivity index (χ2v) is 4.82. The second-order valence-electron chi connectivity index (χ2n) is 4.38. The summed E-state index contributed by atoms with van der Waals surface area (Å²) in [5.41, 5.74) is 1.08. The Hall–Kier alpha value is -2.73. The van der Waals surface area contributed by atoms with E-state index in [1.165, 1.54) is 24.3 Å². The van der Waals surface area contributed by atoms with Crippen molar-refractivity contribution in [2.75, 3.05) is 5.32 Å². The van der Waals surface area contributed by atoms with E-state index in [0.717, 1.165) is 0 Å². The lowest BCUT2D eigenvalue weighted by Crippen LogP contribution is -2.12. The molecule has 0 bridgehead atoms. The third kappa shape index (κ3) is 3.12. The summed E-state index contributed by atoms with van der Waals surface area (Å²) < 4.78 is 18.1. The molecule has 1 aromatic heterocycles. The Morgan fingerprint density at radius 2 is 1.73 bits per heavy atom. The molecule has 0 aliphatic heterocycles. The first-order valence-electron chi connectivity index (χ1n) is 6.28. The highest BCUT2D eigenvalue weighted by Crippen LogP contribution is 2.20. The predicted octanol–water partition coefficient (Wildman–Crippen LogP) is 3.78. The van der Waals surface area contributed by atoms with Gasteiger partial charge in [-0.05, 0) is 48.5 Å². The van der Waals surface area contributed by atoms with Crippen LogP contribution in [0.3, 0.4) is 0 Å². The van der Waals surface area contributed by atoms with Crippen LogP contribution in [0.25, 0.3) is 11.5 Å². The Morgan fingerprint density at radius 1 is 1.05 bits per heavy atom. The molecule has 0 fully saturated rings. The quantitative estimate of drug-likeness (QED) is 0.798. The van der Waals surface area contributed by atoms with E-state index in [4.69, 9.17) is 16.0 Å². The van der Waals surface area contributed by atoms with Crippen molar-refractivity contribution < 1.29 is 13.6 Å². The van der Waals surface area contributed by atoms with Crippen LogP contribution < -0.4 is 5.32 Å². The van der Waals surface area contributed by atoms with Gasteiger partial charge in [-0.3, -0.25) is 4.79 Å². The van der Waals surface area contributed by atoms with Crippen molar-refractivity contribution in [2.24, 2.45) is 0 Å². The first-order chi connectivity index (χ1) is 10.6. The first-order valence-corrected chi connectivity index (χ1v) is 6.66. The molecule has 0 aliphatic rings. The summed E-state index contributed by atoms with van der Waals surface area (Å²) in [7, 11) is 0. The molecule has 0 spiro atoms. The van der Waals surface area contributed by atoms with Gasteiger partial charge in [0.2, 0.25) is 5.89 Å². The third-order valence-corrected chi connectivity index (χ3v) is 3.06. The van der Waals surface area contributed by atoms with Crippen LogP contribution in [-0.2, 0) is 0 Å². The molecule has 5 nitrogen and oxygen atoms in total. The molecule has 0 radical (unpaired) electrons. The fourth-order valence-electron chi connectivity index (χ4n) is 1.74. The van der Waals surface area contributed by atoms with Gasteiger partial charge in [-0.2, -0.15) is 0 Å². The van der Waals surface area contributed by atoms with Gasteiger partial charge in [-0.15, -0.1) is 10.2 Å². The number of benzene rings is 2. The zero-order valence-corrected chi connectivity index (χ0v) is 11.8. The van der Waals surface area contributed by atoms with E-state index in [2.05, 4.69) is 15.5 Å². The Bertz CT molecular complexity index is 800. The first kappa shape index (κ1) is 14.2. The highest BCUT2D eigenvalue weighted by atomic mass is 35.5. The summed E-state index contributed by atoms with van der Waals surface area (Å²) in [6.45, 7) is 0. The Balaban J connectivity index is 1.76. The molecule has 0 unspecified atom stereocenters. The number of hydrogen-bond donors (Lipinski definition) is 1. The van der Waals surface area contributed by atoms with Crippen LogP contribution in [0.2, 0.25) is 5.02 Å². The SMILES string of the molecule is O=C(Nc1ccc(F)cc1)c1nnc(-c2ccc(Cl)cc2)o1. The van der Waals surface area contributed by atoms with E-state index in [1.807, 2.05) is 0 Å². The van der Waals surface area contributed by atoms with Crippen molar-refractivity contribution in [3.8, 4) is 11.5 Å². The lowest BCUT2D eigenvalue weighted by molar-refractivity contribution is 0.0991. The third-order valence-electron chi connectivity index (χ3n) is 2.81. The average Bonchev–Trinajstić information content (AvgIpc) is 3.00. The number of carbonyl (C=O) groups excluding carboxylic acids is 1. The molecule has 0 aliphatic carbocycles. The van der Waals surface area contributed by atoms with Crippen LogP contribution in [-0.4, -0.2) is 16.1 Å². The largest absolute Gasteiger partial charge is 0.412 e. The highest BCUT2D eigenvalue weighted by molar-refractivity contribution is 6.30. The Kier molecular flexibility index (Phi) is 3.84. The number of anilines is 1. The van der Waals surface area contributed by atoms with Crippen molar-refractivity contribution in [3.05, 3.63) is 65.3 Å². The lowest BCUT2D eigenvalue weighted by Gasteiger charge is -2.01. The van der Waals surface area contributed by atoms with Crippen LogP contribution in [0.4, 0.5) is 10.1 Å². The van der Waals surface area contributed by atoms with Gasteiger partial charge in [0.25, 0.3) is 0 Å². The van der Waals surface area contributed by atoms with E-state index in [9.17, 15) is 9.18 Å². The van der Waals surface area contributed by atoms with Crippen LogP contribution in [0, 0.1) is 5.82 Å². The minimum absolute atomic E-state index is 0.186. The van der Waals surface area contributed by atoms with Crippen molar-refractivity contribution in [1.29, 1.82) is 0 Å². The van der Waals surface area contributed by atoms with Crippen LogP contribution in [0.5, 0.6) is 0 Å². The zero-order valence-electron chi connectivity index (χ0n) is 11.1. The van der Waals surface area contributed by atoms with Crippen LogP contribution in [0.1, 0.15) is 10.7 Å². The Labute approximate surface area is 129 Å². The number of nitrogens with one attached hydrogen (secondary N) is 1. The molecule has 110 valence electrons. The predicted molar refractivity (Wildman–Crippen MR) is 79.1 cm³/mol. The molecule has 1 N–H and O–H groups in total. The summed E-state index contributed by atoms with van der Waals surface area (Å²) in [5, 5.41) is 10.6. The summed E-state index contributed by atoms with van der Waals surface area (Å²) >= 11 is 5.80. The normalized spacial score (nSPS) is 10.5. The molecule has 0 saturated carbocycles. The van der Waals surface area contributed by atoms with Crippen molar-refractivity contribution in [1.82, 2.24) is 10.2 Å². The summed E-state index contributed by atoms with van der Waals surface area (Å²) in [4.78, 5) is 12.0. The molecule has 0 saturated heterocycles. The maximum atomic E-state index is 12.8. The monoisotopic (exact) mass is 317 g/mol. The topological polar surface area (TPSA) is 68.0 Å². The molecule has 0 atom stereocenters. The van der Waals surface area contributed by atoms with Gasteiger partial charge in [0.05, 0.1) is 0 Å². The average molecular weight is 318 g/mol. The molecule has 1 heterocycles. The number of amides is 1. The van der Waals surface area contributed by atoms with Gasteiger partial charge in [-0.25, -0.2) is 4.39 Å². The van der Waals surface area contributed by atoms with Crippen molar-refractivity contribution in [3.63, 3.8) is 0 Å². The van der Waals surface area contributed by atoms with E-state index in [-0.39, 0.29) is 17.6 Å². The number of hydrogen-bond acceptors (Lipinski definition) is 4. The molecule has 3 aromatic rings. The lowest BCUT2D eigenvalue weighted by atomic mass is 10.2. The zero-order chi connectivity index (χ0) is 15.5. The van der Waals surface area contributed by atoms with Gasteiger partial charge >= 0.3 is 11.8 Å². The molecular formula is C15H9ClFN3O2. The van der Waals surface area contributed by atoms with Gasteiger partial charge < -0.3 is 9.73 Å². The summed E-state index contributed by atoms with van der Waals surface area (Å²) in [5.74, 6) is -0.935. The number of carbonyl (C=O) groups is 1. The molecule has 7 heteroatoms. The second kappa shape index (κ2) is 5.95. The smallest absolute Gasteiger partial charge is 0.313 e. The van der Waals surface area contributed by atoms with Gasteiger partial charge in [0.15, 0.2) is 0 Å². The molecular weight excluding hydrogens is 309 g/mol. The fraction of sp³-hybridized carbons (Fsp3) is 0. The Morgan fingerprint density at radius 3 is 2.41 bits per heavy atom. The number of rotatable bonds is 3. The van der Waals surface area contributed by atoms with Gasteiger partial charge in [-0.1, -0.05) is 11.6 Å². The van der Waals surface area contributed by atoms with Crippen molar-refractivity contribution in [2.45, 2.75) is 0 Å².